The SMILES string of the molecule is O=C(O)C1C=C2C(=C(Cl)C=C(/C(=N/O)c3ccccc3)C2Cl)O1. The first-order chi connectivity index (χ1) is 11.0. The summed E-state index contributed by atoms with van der Waals surface area (Å²) in [7, 11) is 0. The molecule has 23 heavy (non-hydrogen) atoms. The van der Waals surface area contributed by atoms with Crippen LogP contribution in [0.4, 0.5) is 0 Å². The molecule has 2 unspecified atom stereocenters. The number of hydrogen-bond donors (Lipinski definition) is 2. The molecule has 118 valence electrons. The van der Waals surface area contributed by atoms with Crippen molar-refractivity contribution < 1.29 is 19.8 Å². The zero-order valence-corrected chi connectivity index (χ0v) is 13.1. The van der Waals surface area contributed by atoms with Crippen molar-refractivity contribution in [2.45, 2.75) is 11.5 Å². The molecule has 0 aromatic heterocycles. The summed E-state index contributed by atoms with van der Waals surface area (Å²) in [5, 5.41) is 21.3. The van der Waals surface area contributed by atoms with Crippen molar-refractivity contribution in [1.82, 2.24) is 0 Å². The second-order valence-electron chi connectivity index (χ2n) is 4.95. The number of ether oxygens (including phenoxy) is 1. The molecule has 1 aliphatic carbocycles. The zero-order chi connectivity index (χ0) is 16.6. The number of oxime groups is 1. The number of carboxylic acid groups (broad SMARTS) is 1. The van der Waals surface area contributed by atoms with E-state index in [-0.39, 0.29) is 16.5 Å². The number of nitrogens with zero attached hydrogens (tertiary/aromatic N) is 1. The molecule has 0 fully saturated rings. The number of benzene rings is 1. The van der Waals surface area contributed by atoms with Crippen LogP contribution >= 0.6 is 23.2 Å². The molecule has 1 aromatic carbocycles. The lowest BCUT2D eigenvalue weighted by atomic mass is 9.91. The lowest BCUT2D eigenvalue weighted by Crippen LogP contribution is -2.20. The predicted molar refractivity (Wildman–Crippen MR) is 86.0 cm³/mol. The molecule has 0 bridgehead atoms. The summed E-state index contributed by atoms with van der Waals surface area (Å²) in [5.74, 6) is -0.887. The van der Waals surface area contributed by atoms with Gasteiger partial charge in [0.2, 0.25) is 6.10 Å². The molecule has 2 N–H and O–H groups in total. The van der Waals surface area contributed by atoms with Crippen molar-refractivity contribution in [1.29, 1.82) is 0 Å². The third-order valence-electron chi connectivity index (χ3n) is 3.55. The standard InChI is InChI=1S/C16H11Cl2NO4/c17-11-6-9(14(19-22)8-4-2-1-3-5-8)13(18)10-7-12(16(20)21)23-15(10)11/h1-7,12-13,22H,(H,20,21)/b19-14+. The van der Waals surface area contributed by atoms with Crippen LogP contribution in [0.5, 0.6) is 0 Å². The van der Waals surface area contributed by atoms with E-state index >= 15 is 0 Å². The normalized spacial score (nSPS) is 23.8. The highest BCUT2D eigenvalue weighted by atomic mass is 35.5. The smallest absolute Gasteiger partial charge is 0.349 e. The van der Waals surface area contributed by atoms with Gasteiger partial charge < -0.3 is 15.1 Å². The molecule has 0 saturated heterocycles. The Labute approximate surface area is 141 Å². The Morgan fingerprint density at radius 2 is 1.96 bits per heavy atom. The molecule has 0 saturated carbocycles. The van der Waals surface area contributed by atoms with Gasteiger partial charge >= 0.3 is 5.97 Å². The fourth-order valence-electron chi connectivity index (χ4n) is 2.49. The summed E-state index contributed by atoms with van der Waals surface area (Å²) in [6.45, 7) is 0. The van der Waals surface area contributed by atoms with Gasteiger partial charge in [0.15, 0.2) is 0 Å². The summed E-state index contributed by atoms with van der Waals surface area (Å²) < 4.78 is 5.30. The van der Waals surface area contributed by atoms with Crippen LogP contribution in [-0.2, 0) is 9.53 Å². The first kappa shape index (κ1) is 15.6. The number of allylic oxidation sites excluding steroid dienone is 4. The maximum absolute atomic E-state index is 11.1. The molecule has 3 rings (SSSR count). The fourth-order valence-corrected chi connectivity index (χ4v) is 3.10. The fraction of sp³-hybridized carbons (Fsp3) is 0.125. The summed E-state index contributed by atoms with van der Waals surface area (Å²) in [5.41, 5.74) is 1.85. The average molecular weight is 352 g/mol. The third-order valence-corrected chi connectivity index (χ3v) is 4.30. The highest BCUT2D eigenvalue weighted by Crippen LogP contribution is 2.41. The molecular weight excluding hydrogens is 341 g/mol. The van der Waals surface area contributed by atoms with E-state index in [0.717, 1.165) is 0 Å². The van der Waals surface area contributed by atoms with Crippen LogP contribution in [-0.4, -0.2) is 33.5 Å². The van der Waals surface area contributed by atoms with Gasteiger partial charge in [0.25, 0.3) is 0 Å². The maximum Gasteiger partial charge on any atom is 0.349 e. The van der Waals surface area contributed by atoms with E-state index in [2.05, 4.69) is 5.16 Å². The van der Waals surface area contributed by atoms with Crippen LogP contribution < -0.4 is 0 Å². The van der Waals surface area contributed by atoms with E-state index in [9.17, 15) is 10.0 Å². The number of halogens is 2. The maximum atomic E-state index is 11.1. The predicted octanol–water partition coefficient (Wildman–Crippen LogP) is 3.27. The quantitative estimate of drug-likeness (QED) is 0.379. The van der Waals surface area contributed by atoms with Gasteiger partial charge in [0, 0.05) is 16.7 Å². The summed E-state index contributed by atoms with van der Waals surface area (Å²) in [4.78, 5) is 11.1. The van der Waals surface area contributed by atoms with Crippen LogP contribution in [0.1, 0.15) is 5.56 Å². The second kappa shape index (κ2) is 6.10. The first-order valence-corrected chi connectivity index (χ1v) is 7.49. The van der Waals surface area contributed by atoms with E-state index in [1.165, 1.54) is 12.2 Å². The lowest BCUT2D eigenvalue weighted by molar-refractivity contribution is -0.144. The van der Waals surface area contributed by atoms with E-state index in [0.29, 0.717) is 16.7 Å². The molecule has 0 spiro atoms. The monoisotopic (exact) mass is 351 g/mol. The van der Waals surface area contributed by atoms with E-state index in [1.807, 2.05) is 6.07 Å². The van der Waals surface area contributed by atoms with Crippen molar-refractivity contribution in [2.75, 3.05) is 0 Å². The molecular formula is C16H11Cl2NO4. The number of alkyl halides is 1. The lowest BCUT2D eigenvalue weighted by Gasteiger charge is -2.22. The topological polar surface area (TPSA) is 79.1 Å². The van der Waals surface area contributed by atoms with Crippen LogP contribution in [0.2, 0.25) is 0 Å². The third kappa shape index (κ3) is 2.73. The van der Waals surface area contributed by atoms with Gasteiger partial charge in [-0.3, -0.25) is 0 Å². The van der Waals surface area contributed by atoms with Crippen molar-refractivity contribution >= 4 is 34.9 Å². The van der Waals surface area contributed by atoms with Gasteiger partial charge in [-0.1, -0.05) is 47.1 Å². The number of carbonyl (C=O) groups is 1. The number of carboxylic acids is 1. The van der Waals surface area contributed by atoms with Crippen LogP contribution in [0.15, 0.2) is 69.6 Å². The largest absolute Gasteiger partial charge is 0.478 e. The number of aliphatic carboxylic acids is 1. The highest BCUT2D eigenvalue weighted by Gasteiger charge is 2.38. The number of rotatable bonds is 3. The van der Waals surface area contributed by atoms with Crippen molar-refractivity contribution in [2.24, 2.45) is 5.16 Å². The Bertz CT molecular complexity index is 781. The molecule has 1 heterocycles. The molecule has 1 aromatic rings. The Morgan fingerprint density at radius 1 is 1.26 bits per heavy atom. The van der Waals surface area contributed by atoms with E-state index in [4.69, 9.17) is 33.0 Å². The highest BCUT2D eigenvalue weighted by molar-refractivity contribution is 6.36. The zero-order valence-electron chi connectivity index (χ0n) is 11.6. The van der Waals surface area contributed by atoms with Crippen LogP contribution in [0, 0.1) is 0 Å². The minimum absolute atomic E-state index is 0.212. The molecule has 0 radical (unpaired) electrons. The molecule has 7 heteroatoms. The van der Waals surface area contributed by atoms with Crippen molar-refractivity contribution in [3.63, 3.8) is 0 Å². The molecule has 2 aliphatic rings. The molecule has 5 nitrogen and oxygen atoms in total. The number of hydrogen-bond acceptors (Lipinski definition) is 4. The summed E-state index contributed by atoms with van der Waals surface area (Å²) in [6.07, 6.45) is 1.80. The Balaban J connectivity index is 2.04. The molecule has 2 atom stereocenters. The van der Waals surface area contributed by atoms with Gasteiger partial charge in [-0.15, -0.1) is 11.6 Å². The Kier molecular flexibility index (Phi) is 4.15. The van der Waals surface area contributed by atoms with Crippen molar-refractivity contribution in [3.05, 3.63) is 70.0 Å². The first-order valence-electron chi connectivity index (χ1n) is 6.67. The summed E-state index contributed by atoms with van der Waals surface area (Å²) >= 11 is 12.6. The minimum atomic E-state index is -1.13. The van der Waals surface area contributed by atoms with Gasteiger partial charge in [0.1, 0.15) is 11.5 Å². The average Bonchev–Trinajstić information content (AvgIpc) is 3.00. The van der Waals surface area contributed by atoms with Crippen LogP contribution in [0.25, 0.3) is 0 Å². The molecule has 1 aliphatic heterocycles. The summed E-state index contributed by atoms with van der Waals surface area (Å²) in [6, 6.07) is 8.98. The second-order valence-corrected chi connectivity index (χ2v) is 5.80. The minimum Gasteiger partial charge on any atom is -0.478 e. The van der Waals surface area contributed by atoms with E-state index < -0.39 is 17.5 Å². The van der Waals surface area contributed by atoms with Gasteiger partial charge in [-0.2, -0.15) is 0 Å². The number of fused-ring (bicyclic) bond motifs is 1. The van der Waals surface area contributed by atoms with Crippen LogP contribution in [0.3, 0.4) is 0 Å². The Hall–Kier alpha value is -2.24. The Morgan fingerprint density at radius 3 is 2.57 bits per heavy atom. The van der Waals surface area contributed by atoms with E-state index in [1.54, 1.807) is 24.3 Å². The van der Waals surface area contributed by atoms with Gasteiger partial charge in [-0.05, 0) is 12.2 Å². The molecule has 0 amide bonds. The van der Waals surface area contributed by atoms with Crippen molar-refractivity contribution in [3.8, 4) is 0 Å². The van der Waals surface area contributed by atoms with Gasteiger partial charge in [-0.25, -0.2) is 4.79 Å². The van der Waals surface area contributed by atoms with Gasteiger partial charge in [0.05, 0.1) is 10.4 Å².